The molecular weight excluding hydrogens is 393 g/mol. The molecule has 1 aliphatic rings. The first-order valence-corrected chi connectivity index (χ1v) is 10.8. The molecule has 0 aliphatic heterocycles. The molecule has 0 N–H and O–H groups in total. The molecule has 0 atom stereocenters. The molecule has 2 aromatic heterocycles. The Morgan fingerprint density at radius 2 is 1.74 bits per heavy atom. The van der Waals surface area contributed by atoms with Gasteiger partial charge < -0.3 is 4.90 Å². The molecule has 0 saturated heterocycles. The van der Waals surface area contributed by atoms with Crippen molar-refractivity contribution >= 4 is 11.6 Å². The second-order valence-electron chi connectivity index (χ2n) is 8.34. The summed E-state index contributed by atoms with van der Waals surface area (Å²) in [5.74, 6) is 0.0261. The Bertz CT molecular complexity index is 1100. The maximum absolute atomic E-state index is 14.6. The highest BCUT2D eigenvalue weighted by molar-refractivity contribution is 5.95. The lowest BCUT2D eigenvalue weighted by Gasteiger charge is -2.29. The van der Waals surface area contributed by atoms with Crippen molar-refractivity contribution in [3.05, 3.63) is 64.5 Å². The monoisotopic (exact) mass is 421 g/mol. The van der Waals surface area contributed by atoms with Gasteiger partial charge in [-0.05, 0) is 58.7 Å². The third kappa shape index (κ3) is 4.22. The molecule has 0 bridgehead atoms. The summed E-state index contributed by atoms with van der Waals surface area (Å²) in [6, 6.07) is 8.47. The Labute approximate surface area is 182 Å². The number of hydrogen-bond acceptors (Lipinski definition) is 4. The zero-order chi connectivity index (χ0) is 22.1. The molecule has 0 spiro atoms. The molecule has 0 unspecified atom stereocenters. The van der Waals surface area contributed by atoms with E-state index >= 15 is 0 Å². The van der Waals surface area contributed by atoms with Crippen molar-refractivity contribution < 1.29 is 9.18 Å². The lowest BCUT2D eigenvalue weighted by Crippen LogP contribution is -2.40. The average Bonchev–Trinajstić information content (AvgIpc) is 3.33. The SMILES string of the molecule is Cc1cc(C)nc(-n2nc(C)c(CC(=O)N(c3ccccc3F)C3CCCC3)c2C)n1. The van der Waals surface area contributed by atoms with Crippen LogP contribution in [0.15, 0.2) is 30.3 Å². The largest absolute Gasteiger partial charge is 0.306 e. The summed E-state index contributed by atoms with van der Waals surface area (Å²) in [6.45, 7) is 7.65. The summed E-state index contributed by atoms with van der Waals surface area (Å²) >= 11 is 0. The maximum Gasteiger partial charge on any atom is 0.251 e. The van der Waals surface area contributed by atoms with Crippen LogP contribution in [-0.4, -0.2) is 31.7 Å². The highest BCUT2D eigenvalue weighted by atomic mass is 19.1. The van der Waals surface area contributed by atoms with Gasteiger partial charge in [-0.1, -0.05) is 25.0 Å². The molecule has 31 heavy (non-hydrogen) atoms. The van der Waals surface area contributed by atoms with Gasteiger partial charge in [-0.15, -0.1) is 0 Å². The van der Waals surface area contributed by atoms with Gasteiger partial charge in [0.15, 0.2) is 0 Å². The maximum atomic E-state index is 14.6. The molecule has 6 nitrogen and oxygen atoms in total. The van der Waals surface area contributed by atoms with Gasteiger partial charge in [0.1, 0.15) is 5.82 Å². The van der Waals surface area contributed by atoms with Crippen LogP contribution in [0.1, 0.15) is 54.0 Å². The van der Waals surface area contributed by atoms with Crippen LogP contribution in [0.5, 0.6) is 0 Å². The van der Waals surface area contributed by atoms with Crippen molar-refractivity contribution in [2.75, 3.05) is 4.90 Å². The van der Waals surface area contributed by atoms with E-state index in [0.717, 1.165) is 54.0 Å². The van der Waals surface area contributed by atoms with Crippen LogP contribution >= 0.6 is 0 Å². The van der Waals surface area contributed by atoms with Crippen molar-refractivity contribution in [1.82, 2.24) is 19.7 Å². The molecule has 4 rings (SSSR count). The molecule has 1 fully saturated rings. The highest BCUT2D eigenvalue weighted by Gasteiger charge is 2.31. The van der Waals surface area contributed by atoms with E-state index in [1.807, 2.05) is 33.8 Å². The minimum absolute atomic E-state index is 0.0304. The van der Waals surface area contributed by atoms with E-state index in [9.17, 15) is 9.18 Å². The van der Waals surface area contributed by atoms with Crippen LogP contribution in [0.4, 0.5) is 10.1 Å². The summed E-state index contributed by atoms with van der Waals surface area (Å²) in [5, 5.41) is 4.61. The highest BCUT2D eigenvalue weighted by Crippen LogP contribution is 2.31. The number of rotatable bonds is 5. The van der Waals surface area contributed by atoms with Gasteiger partial charge in [0.05, 0.1) is 17.8 Å². The molecule has 1 saturated carbocycles. The van der Waals surface area contributed by atoms with Crippen LogP contribution in [0.2, 0.25) is 0 Å². The Balaban J connectivity index is 1.68. The Kier molecular flexibility index (Phi) is 5.85. The smallest absolute Gasteiger partial charge is 0.251 e. The Morgan fingerprint density at radius 3 is 2.39 bits per heavy atom. The van der Waals surface area contributed by atoms with Gasteiger partial charge >= 0.3 is 0 Å². The van der Waals surface area contributed by atoms with E-state index in [0.29, 0.717) is 11.6 Å². The molecule has 1 aliphatic carbocycles. The fourth-order valence-electron chi connectivity index (χ4n) is 4.51. The number of carbonyl (C=O) groups excluding carboxylic acids is 1. The predicted molar refractivity (Wildman–Crippen MR) is 118 cm³/mol. The Morgan fingerprint density at radius 1 is 1.10 bits per heavy atom. The van der Waals surface area contributed by atoms with E-state index in [2.05, 4.69) is 15.1 Å². The standard InChI is InChI=1S/C24H28FN5O/c1-15-13-16(2)27-24(26-15)30-18(4)20(17(3)28-30)14-23(31)29(19-9-5-6-10-19)22-12-8-7-11-21(22)25/h7-8,11-13,19H,5-6,9-10,14H2,1-4H3. The third-order valence-corrected chi connectivity index (χ3v) is 6.00. The Hall–Kier alpha value is -3.09. The summed E-state index contributed by atoms with van der Waals surface area (Å²) in [5.41, 5.74) is 4.51. The van der Waals surface area contributed by atoms with Crippen molar-refractivity contribution in [3.8, 4) is 5.95 Å². The molecule has 1 aromatic carbocycles. The van der Waals surface area contributed by atoms with Gasteiger partial charge in [0.25, 0.3) is 5.95 Å². The van der Waals surface area contributed by atoms with Crippen molar-refractivity contribution in [2.24, 2.45) is 0 Å². The van der Waals surface area contributed by atoms with E-state index in [1.54, 1.807) is 27.8 Å². The summed E-state index contributed by atoms with van der Waals surface area (Å²) in [4.78, 5) is 24.2. The number of carbonyl (C=O) groups is 1. The molecule has 0 radical (unpaired) electrons. The third-order valence-electron chi connectivity index (χ3n) is 6.00. The molecule has 7 heteroatoms. The number of nitrogens with zero attached hydrogens (tertiary/aromatic N) is 5. The minimum atomic E-state index is -0.365. The fraction of sp³-hybridized carbons (Fsp3) is 0.417. The lowest BCUT2D eigenvalue weighted by atomic mass is 10.1. The van der Waals surface area contributed by atoms with Gasteiger partial charge in [-0.25, -0.2) is 19.0 Å². The van der Waals surface area contributed by atoms with Gasteiger partial charge in [0.2, 0.25) is 5.91 Å². The first-order valence-electron chi connectivity index (χ1n) is 10.8. The van der Waals surface area contributed by atoms with E-state index in [1.165, 1.54) is 6.07 Å². The van der Waals surface area contributed by atoms with Gasteiger partial charge in [-0.3, -0.25) is 4.79 Å². The molecule has 162 valence electrons. The molecule has 3 aromatic rings. The normalized spacial score (nSPS) is 14.2. The molecule has 2 heterocycles. The predicted octanol–water partition coefficient (Wildman–Crippen LogP) is 4.55. The zero-order valence-electron chi connectivity index (χ0n) is 18.5. The second-order valence-corrected chi connectivity index (χ2v) is 8.34. The van der Waals surface area contributed by atoms with E-state index < -0.39 is 0 Å². The number of para-hydroxylation sites is 1. The van der Waals surface area contributed by atoms with Crippen LogP contribution in [-0.2, 0) is 11.2 Å². The first kappa shape index (κ1) is 21.2. The summed E-state index contributed by atoms with van der Waals surface area (Å²) in [6.07, 6.45) is 4.07. The number of anilines is 1. The molecular formula is C24H28FN5O. The summed E-state index contributed by atoms with van der Waals surface area (Å²) in [7, 11) is 0. The molecule has 1 amide bonds. The average molecular weight is 422 g/mol. The van der Waals surface area contributed by atoms with Crippen LogP contribution in [0, 0.1) is 33.5 Å². The summed E-state index contributed by atoms with van der Waals surface area (Å²) < 4.78 is 16.3. The van der Waals surface area contributed by atoms with E-state index in [4.69, 9.17) is 0 Å². The van der Waals surface area contributed by atoms with Gasteiger partial charge in [-0.2, -0.15) is 5.10 Å². The number of aryl methyl sites for hydroxylation is 3. The van der Waals surface area contributed by atoms with Gasteiger partial charge in [0, 0.05) is 28.7 Å². The minimum Gasteiger partial charge on any atom is -0.306 e. The van der Waals surface area contributed by atoms with Crippen LogP contribution in [0.3, 0.4) is 0 Å². The van der Waals surface area contributed by atoms with Crippen molar-refractivity contribution in [2.45, 2.75) is 65.8 Å². The first-order chi connectivity index (χ1) is 14.8. The van der Waals surface area contributed by atoms with Crippen LogP contribution < -0.4 is 4.90 Å². The topological polar surface area (TPSA) is 63.9 Å². The van der Waals surface area contributed by atoms with Crippen LogP contribution in [0.25, 0.3) is 5.95 Å². The number of amides is 1. The van der Waals surface area contributed by atoms with E-state index in [-0.39, 0.29) is 24.2 Å². The zero-order valence-corrected chi connectivity index (χ0v) is 18.5. The number of halogens is 1. The quantitative estimate of drug-likeness (QED) is 0.606. The van der Waals surface area contributed by atoms with Crippen molar-refractivity contribution in [3.63, 3.8) is 0 Å². The fourth-order valence-corrected chi connectivity index (χ4v) is 4.51. The van der Waals surface area contributed by atoms with Crippen molar-refractivity contribution in [1.29, 1.82) is 0 Å². The number of aromatic nitrogens is 4. The number of benzene rings is 1. The lowest BCUT2D eigenvalue weighted by molar-refractivity contribution is -0.118. The number of hydrogen-bond donors (Lipinski definition) is 0. The second kappa shape index (κ2) is 8.57.